The molecule has 0 saturated heterocycles. The monoisotopic (exact) mass is 456 g/mol. The largest absolute Gasteiger partial charge is 0.393 e. The van der Waals surface area contributed by atoms with Gasteiger partial charge in [0.15, 0.2) is 0 Å². The molecule has 0 aromatic carbocycles. The van der Waals surface area contributed by atoms with Crippen molar-refractivity contribution in [1.29, 1.82) is 0 Å². The highest BCUT2D eigenvalue weighted by atomic mass is 32.1. The Kier molecular flexibility index (Phi) is 7.46. The summed E-state index contributed by atoms with van der Waals surface area (Å²) in [6.45, 7) is 8.97. The van der Waals surface area contributed by atoms with Crippen molar-refractivity contribution in [2.75, 3.05) is 0 Å². The minimum atomic E-state index is -0.624. The molecule has 0 unspecified atom stereocenters. The highest BCUT2D eigenvalue weighted by Crippen LogP contribution is 2.60. The van der Waals surface area contributed by atoms with Crippen molar-refractivity contribution < 1.29 is 15.3 Å². The van der Waals surface area contributed by atoms with Crippen LogP contribution >= 0.6 is 11.3 Å². The molecule has 7 atom stereocenters. The standard InChI is InChI=1S/C28H40O3S/c1-18(8-13-25(30)27-7-5-15-32-27)23-11-12-24-20(6-4-14-28(23,24)3)9-10-21-16-22(29)17-26(31)19(21)2/h5,7,9-10,15,18,22-26,29-31H,2,4,6,8,11-14,16-17H2,1,3H3/b20-9+,21-10-/t18-,22-,23-,24+,25-,26+,28-/m1/s1. The van der Waals surface area contributed by atoms with Gasteiger partial charge in [-0.2, -0.15) is 0 Å². The number of hydrogen-bond donors (Lipinski definition) is 3. The Morgan fingerprint density at radius 2 is 2.06 bits per heavy atom. The first-order chi connectivity index (χ1) is 15.3. The summed E-state index contributed by atoms with van der Waals surface area (Å²) < 4.78 is 0. The van der Waals surface area contributed by atoms with Crippen LogP contribution in [-0.4, -0.2) is 27.5 Å². The fourth-order valence-corrected chi connectivity index (χ4v) is 7.67. The van der Waals surface area contributed by atoms with Crippen LogP contribution in [0.4, 0.5) is 0 Å². The number of hydrogen-bond acceptors (Lipinski definition) is 4. The Morgan fingerprint density at radius 3 is 2.81 bits per heavy atom. The average Bonchev–Trinajstić information content (AvgIpc) is 3.41. The predicted molar refractivity (Wildman–Crippen MR) is 132 cm³/mol. The Morgan fingerprint density at radius 1 is 1.25 bits per heavy atom. The lowest BCUT2D eigenvalue weighted by atomic mass is 9.60. The number of rotatable bonds is 6. The van der Waals surface area contributed by atoms with E-state index in [1.54, 1.807) is 16.9 Å². The van der Waals surface area contributed by atoms with Crippen LogP contribution in [0.3, 0.4) is 0 Å². The highest BCUT2D eigenvalue weighted by Gasteiger charge is 2.50. The van der Waals surface area contributed by atoms with E-state index in [9.17, 15) is 15.3 Å². The maximum atomic E-state index is 10.5. The van der Waals surface area contributed by atoms with Crippen LogP contribution < -0.4 is 0 Å². The molecule has 1 aromatic rings. The van der Waals surface area contributed by atoms with Gasteiger partial charge in [0.05, 0.1) is 18.3 Å². The molecule has 0 spiro atoms. The lowest BCUT2D eigenvalue weighted by Crippen LogP contribution is -2.36. The summed E-state index contributed by atoms with van der Waals surface area (Å²) in [6.07, 6.45) is 12.1. The molecule has 4 rings (SSSR count). The summed E-state index contributed by atoms with van der Waals surface area (Å²) in [4.78, 5) is 1.09. The molecule has 4 heteroatoms. The van der Waals surface area contributed by atoms with Gasteiger partial charge in [0.1, 0.15) is 0 Å². The number of fused-ring (bicyclic) bond motifs is 1. The van der Waals surface area contributed by atoms with Gasteiger partial charge in [-0.25, -0.2) is 0 Å². The molecule has 3 nitrogen and oxygen atoms in total. The number of thiophene rings is 1. The fraction of sp³-hybridized carbons (Fsp3) is 0.643. The van der Waals surface area contributed by atoms with Gasteiger partial charge >= 0.3 is 0 Å². The third-order valence-electron chi connectivity index (χ3n) is 8.76. The van der Waals surface area contributed by atoms with Crippen molar-refractivity contribution in [3.8, 4) is 0 Å². The summed E-state index contributed by atoms with van der Waals surface area (Å²) >= 11 is 1.65. The van der Waals surface area contributed by atoms with Crippen molar-refractivity contribution in [3.05, 3.63) is 57.8 Å². The van der Waals surface area contributed by atoms with Crippen LogP contribution in [0, 0.1) is 23.2 Å². The fourth-order valence-electron chi connectivity index (χ4n) is 6.92. The van der Waals surface area contributed by atoms with E-state index in [1.165, 1.54) is 25.7 Å². The van der Waals surface area contributed by atoms with E-state index in [0.717, 1.165) is 35.3 Å². The van der Waals surface area contributed by atoms with Gasteiger partial charge in [-0.1, -0.05) is 44.2 Å². The van der Waals surface area contributed by atoms with Gasteiger partial charge in [-0.15, -0.1) is 11.3 Å². The molecule has 3 aliphatic carbocycles. The first-order valence-electron chi connectivity index (χ1n) is 12.5. The first kappa shape index (κ1) is 23.9. The maximum absolute atomic E-state index is 10.5. The van der Waals surface area contributed by atoms with Crippen LogP contribution in [0.1, 0.15) is 82.6 Å². The van der Waals surface area contributed by atoms with Gasteiger partial charge in [-0.3, -0.25) is 0 Å². The topological polar surface area (TPSA) is 60.7 Å². The Hall–Kier alpha value is -1.20. The van der Waals surface area contributed by atoms with E-state index in [1.807, 2.05) is 17.5 Å². The van der Waals surface area contributed by atoms with Crippen LogP contribution in [0.15, 0.2) is 53.0 Å². The quantitative estimate of drug-likeness (QED) is 0.468. The second-order valence-electron chi connectivity index (χ2n) is 10.7. The van der Waals surface area contributed by atoms with E-state index in [2.05, 4.69) is 32.6 Å². The molecule has 0 bridgehead atoms. The predicted octanol–water partition coefficient (Wildman–Crippen LogP) is 6.34. The molecule has 0 amide bonds. The molecule has 3 aliphatic rings. The smallest absolute Gasteiger partial charge is 0.0882 e. The van der Waals surface area contributed by atoms with Crippen molar-refractivity contribution >= 4 is 11.3 Å². The third kappa shape index (κ3) is 4.84. The van der Waals surface area contributed by atoms with Crippen LogP contribution in [0.5, 0.6) is 0 Å². The van der Waals surface area contributed by atoms with Gasteiger partial charge in [0.2, 0.25) is 0 Å². The van der Waals surface area contributed by atoms with E-state index < -0.39 is 12.2 Å². The SMILES string of the molecule is C=C1/C(=C\C=C2/CCC[C@]3(C)[C@@H]([C@H](C)CC[C@@H](O)c4cccs4)CC[C@@H]23)C[C@@H](O)C[C@@H]1O. The number of allylic oxidation sites excluding steroid dienone is 3. The van der Waals surface area contributed by atoms with Crippen LogP contribution in [0.25, 0.3) is 0 Å². The Bertz CT molecular complexity index is 854. The lowest BCUT2D eigenvalue weighted by Gasteiger charge is -2.44. The summed E-state index contributed by atoms with van der Waals surface area (Å²) in [7, 11) is 0. The molecule has 3 fully saturated rings. The normalized spacial score (nSPS) is 37.6. The average molecular weight is 457 g/mol. The van der Waals surface area contributed by atoms with Crippen LogP contribution in [-0.2, 0) is 0 Å². The van der Waals surface area contributed by atoms with Gasteiger partial charge < -0.3 is 15.3 Å². The van der Waals surface area contributed by atoms with Crippen molar-refractivity contribution in [3.63, 3.8) is 0 Å². The zero-order chi connectivity index (χ0) is 22.9. The molecule has 3 N–H and O–H groups in total. The molecular weight excluding hydrogens is 416 g/mol. The summed E-state index contributed by atoms with van der Waals surface area (Å²) in [5.74, 6) is 1.93. The molecular formula is C28H40O3S. The lowest BCUT2D eigenvalue weighted by molar-refractivity contribution is 0.0828. The van der Waals surface area contributed by atoms with E-state index in [4.69, 9.17) is 0 Å². The molecule has 0 aliphatic heterocycles. The van der Waals surface area contributed by atoms with E-state index >= 15 is 0 Å². The minimum absolute atomic E-state index is 0.329. The van der Waals surface area contributed by atoms with Gasteiger partial charge in [0, 0.05) is 11.3 Å². The maximum Gasteiger partial charge on any atom is 0.0882 e. The Labute approximate surface area is 197 Å². The van der Waals surface area contributed by atoms with Crippen molar-refractivity contribution in [2.45, 2.75) is 89.9 Å². The van der Waals surface area contributed by atoms with E-state index in [-0.39, 0.29) is 6.10 Å². The molecule has 176 valence electrons. The van der Waals surface area contributed by atoms with Gasteiger partial charge in [-0.05, 0) is 97.1 Å². The molecule has 1 heterocycles. The van der Waals surface area contributed by atoms with Crippen molar-refractivity contribution in [1.82, 2.24) is 0 Å². The zero-order valence-corrected chi connectivity index (χ0v) is 20.5. The zero-order valence-electron chi connectivity index (χ0n) is 19.7. The van der Waals surface area contributed by atoms with Gasteiger partial charge in [0.25, 0.3) is 0 Å². The number of aliphatic hydroxyl groups excluding tert-OH is 3. The van der Waals surface area contributed by atoms with E-state index in [0.29, 0.717) is 36.0 Å². The summed E-state index contributed by atoms with van der Waals surface area (Å²) in [5, 5.41) is 32.8. The summed E-state index contributed by atoms with van der Waals surface area (Å²) in [6, 6.07) is 4.06. The summed E-state index contributed by atoms with van der Waals surface area (Å²) in [5.41, 5.74) is 3.65. The first-order valence-corrected chi connectivity index (χ1v) is 13.3. The third-order valence-corrected chi connectivity index (χ3v) is 9.73. The van der Waals surface area contributed by atoms with Crippen molar-refractivity contribution in [2.24, 2.45) is 23.2 Å². The Balaban J connectivity index is 1.44. The number of aliphatic hydroxyl groups is 3. The minimum Gasteiger partial charge on any atom is -0.393 e. The second-order valence-corrected chi connectivity index (χ2v) is 11.7. The molecule has 1 aromatic heterocycles. The van der Waals surface area contributed by atoms with Crippen LogP contribution in [0.2, 0.25) is 0 Å². The second kappa shape index (κ2) is 9.97. The molecule has 0 radical (unpaired) electrons. The molecule has 3 saturated carbocycles. The molecule has 32 heavy (non-hydrogen) atoms. The highest BCUT2D eigenvalue weighted by molar-refractivity contribution is 7.10.